The fourth-order valence-electron chi connectivity index (χ4n) is 2.97. The molecule has 1 atom stereocenters. The topological polar surface area (TPSA) is 21.3 Å². The zero-order valence-electron chi connectivity index (χ0n) is 12.6. The van der Waals surface area contributed by atoms with Crippen molar-refractivity contribution in [1.82, 2.24) is 5.32 Å². The Bertz CT molecular complexity index is 414. The van der Waals surface area contributed by atoms with Crippen LogP contribution in [0.3, 0.4) is 0 Å². The van der Waals surface area contributed by atoms with Crippen molar-refractivity contribution in [3.63, 3.8) is 0 Å². The van der Waals surface area contributed by atoms with Crippen molar-refractivity contribution in [1.29, 1.82) is 0 Å². The number of rotatable bonds is 6. The third-order valence-corrected chi connectivity index (χ3v) is 3.93. The Morgan fingerprint density at radius 1 is 1.21 bits per heavy atom. The quantitative estimate of drug-likeness (QED) is 0.771. The van der Waals surface area contributed by atoms with Crippen LogP contribution in [0.4, 0.5) is 0 Å². The summed E-state index contributed by atoms with van der Waals surface area (Å²) in [6.45, 7) is 8.55. The second kappa shape index (κ2) is 6.95. The Morgan fingerprint density at radius 2 is 2.05 bits per heavy atom. The zero-order valence-corrected chi connectivity index (χ0v) is 12.6. The van der Waals surface area contributed by atoms with Crippen molar-refractivity contribution in [2.75, 3.05) is 13.2 Å². The molecule has 0 spiro atoms. The van der Waals surface area contributed by atoms with Crippen LogP contribution in [-0.2, 0) is 0 Å². The highest BCUT2D eigenvalue weighted by Crippen LogP contribution is 2.35. The molecule has 2 rings (SSSR count). The van der Waals surface area contributed by atoms with Gasteiger partial charge in [-0.15, -0.1) is 0 Å². The van der Waals surface area contributed by atoms with E-state index < -0.39 is 0 Å². The Balaban J connectivity index is 1.97. The fourth-order valence-corrected chi connectivity index (χ4v) is 2.97. The number of hydrogen-bond donors (Lipinski definition) is 1. The molecule has 0 radical (unpaired) electrons. The molecule has 1 aliphatic rings. The van der Waals surface area contributed by atoms with Crippen molar-refractivity contribution in [2.24, 2.45) is 0 Å². The van der Waals surface area contributed by atoms with E-state index in [9.17, 15) is 0 Å². The van der Waals surface area contributed by atoms with E-state index in [2.05, 4.69) is 38.2 Å². The number of hydrogen-bond acceptors (Lipinski definition) is 2. The van der Waals surface area contributed by atoms with Crippen LogP contribution < -0.4 is 10.1 Å². The maximum atomic E-state index is 5.82. The van der Waals surface area contributed by atoms with Gasteiger partial charge in [-0.3, -0.25) is 0 Å². The number of aryl methyl sites for hydroxylation is 2. The lowest BCUT2D eigenvalue weighted by Crippen LogP contribution is -2.28. The summed E-state index contributed by atoms with van der Waals surface area (Å²) < 4.78 is 5.82. The van der Waals surface area contributed by atoms with E-state index in [0.29, 0.717) is 6.04 Å². The maximum absolute atomic E-state index is 5.82. The van der Waals surface area contributed by atoms with E-state index in [1.165, 1.54) is 42.4 Å². The second-order valence-corrected chi connectivity index (χ2v) is 5.70. The van der Waals surface area contributed by atoms with Gasteiger partial charge in [-0.2, -0.15) is 0 Å². The lowest BCUT2D eigenvalue weighted by atomic mass is 9.94. The summed E-state index contributed by atoms with van der Waals surface area (Å²) in [4.78, 5) is 0. The van der Waals surface area contributed by atoms with Gasteiger partial charge in [0.15, 0.2) is 0 Å². The van der Waals surface area contributed by atoms with Gasteiger partial charge in [0, 0.05) is 18.0 Å². The molecule has 1 aliphatic heterocycles. The van der Waals surface area contributed by atoms with Crippen molar-refractivity contribution in [3.8, 4) is 5.75 Å². The minimum Gasteiger partial charge on any atom is -0.493 e. The molecule has 0 amide bonds. The molecule has 1 heterocycles. The fraction of sp³-hybridized carbons (Fsp3) is 0.647. The van der Waals surface area contributed by atoms with Crippen LogP contribution in [-0.4, -0.2) is 13.2 Å². The first-order chi connectivity index (χ1) is 9.22. The van der Waals surface area contributed by atoms with Crippen molar-refractivity contribution in [3.05, 3.63) is 28.8 Å². The highest BCUT2D eigenvalue weighted by Gasteiger charge is 2.22. The molecule has 2 heteroatoms. The molecule has 0 fully saturated rings. The molecular weight excluding hydrogens is 234 g/mol. The van der Waals surface area contributed by atoms with Crippen molar-refractivity contribution >= 4 is 0 Å². The summed E-state index contributed by atoms with van der Waals surface area (Å²) in [5, 5.41) is 3.72. The predicted octanol–water partition coefficient (Wildman–Crippen LogP) is 4.30. The molecule has 0 aromatic heterocycles. The first-order valence-corrected chi connectivity index (χ1v) is 7.69. The van der Waals surface area contributed by atoms with Crippen LogP contribution >= 0.6 is 0 Å². The number of fused-ring (bicyclic) bond motifs is 1. The Kier molecular flexibility index (Phi) is 5.26. The van der Waals surface area contributed by atoms with Gasteiger partial charge in [0.25, 0.3) is 0 Å². The normalized spacial score (nSPS) is 17.9. The minimum atomic E-state index is 0.478. The Hall–Kier alpha value is -1.02. The van der Waals surface area contributed by atoms with Gasteiger partial charge in [0.1, 0.15) is 5.75 Å². The molecule has 1 unspecified atom stereocenters. The molecular formula is C17H27NO. The predicted molar refractivity (Wildman–Crippen MR) is 80.9 cm³/mol. The van der Waals surface area contributed by atoms with Crippen molar-refractivity contribution in [2.45, 2.75) is 58.9 Å². The van der Waals surface area contributed by atoms with Crippen LogP contribution in [0.1, 0.15) is 61.8 Å². The molecule has 19 heavy (non-hydrogen) atoms. The smallest absolute Gasteiger partial charge is 0.124 e. The van der Waals surface area contributed by atoms with Crippen LogP contribution in [0.5, 0.6) is 5.75 Å². The molecule has 106 valence electrons. The van der Waals surface area contributed by atoms with Crippen LogP contribution in [0.2, 0.25) is 0 Å². The lowest BCUT2D eigenvalue weighted by molar-refractivity contribution is 0.251. The second-order valence-electron chi connectivity index (χ2n) is 5.70. The van der Waals surface area contributed by atoms with E-state index >= 15 is 0 Å². The maximum Gasteiger partial charge on any atom is 0.124 e. The standard InChI is InChI=1S/C17H27NO/c1-4-5-6-7-9-18-15-8-10-19-16-12-13(2)11-14(3)17(15)16/h11-12,15,18H,4-10H2,1-3H3. The average Bonchev–Trinajstić information content (AvgIpc) is 2.37. The van der Waals surface area contributed by atoms with Gasteiger partial charge >= 0.3 is 0 Å². The van der Waals surface area contributed by atoms with E-state index in [1.54, 1.807) is 0 Å². The van der Waals surface area contributed by atoms with E-state index in [0.717, 1.165) is 25.3 Å². The van der Waals surface area contributed by atoms with Gasteiger partial charge in [-0.05, 0) is 44.0 Å². The van der Waals surface area contributed by atoms with Gasteiger partial charge in [-0.25, -0.2) is 0 Å². The zero-order chi connectivity index (χ0) is 13.7. The minimum absolute atomic E-state index is 0.478. The van der Waals surface area contributed by atoms with Gasteiger partial charge in [0.2, 0.25) is 0 Å². The largest absolute Gasteiger partial charge is 0.493 e. The molecule has 1 aromatic carbocycles. The molecule has 0 saturated carbocycles. The summed E-state index contributed by atoms with van der Waals surface area (Å²) in [7, 11) is 0. The summed E-state index contributed by atoms with van der Waals surface area (Å²) >= 11 is 0. The van der Waals surface area contributed by atoms with Gasteiger partial charge in [-0.1, -0.05) is 32.3 Å². The molecule has 2 nitrogen and oxygen atoms in total. The first-order valence-electron chi connectivity index (χ1n) is 7.69. The van der Waals surface area contributed by atoms with E-state index in [-0.39, 0.29) is 0 Å². The van der Waals surface area contributed by atoms with E-state index in [1.807, 2.05) is 0 Å². The Labute approximate surface area is 117 Å². The highest BCUT2D eigenvalue weighted by molar-refractivity contribution is 5.46. The van der Waals surface area contributed by atoms with Crippen LogP contribution in [0, 0.1) is 13.8 Å². The molecule has 0 bridgehead atoms. The van der Waals surface area contributed by atoms with Crippen LogP contribution in [0.15, 0.2) is 12.1 Å². The highest BCUT2D eigenvalue weighted by atomic mass is 16.5. The molecule has 0 aliphatic carbocycles. The summed E-state index contributed by atoms with van der Waals surface area (Å²) in [5.74, 6) is 1.09. The summed E-state index contributed by atoms with van der Waals surface area (Å²) in [6.07, 6.45) is 6.37. The molecule has 1 N–H and O–H groups in total. The van der Waals surface area contributed by atoms with E-state index in [4.69, 9.17) is 4.74 Å². The summed E-state index contributed by atoms with van der Waals surface area (Å²) in [6, 6.07) is 4.91. The van der Waals surface area contributed by atoms with Crippen LogP contribution in [0.25, 0.3) is 0 Å². The molecule has 0 saturated heterocycles. The third-order valence-electron chi connectivity index (χ3n) is 3.93. The number of ether oxygens (including phenoxy) is 1. The number of benzene rings is 1. The number of unbranched alkanes of at least 4 members (excludes halogenated alkanes) is 3. The van der Waals surface area contributed by atoms with Gasteiger partial charge in [0.05, 0.1) is 6.61 Å². The Morgan fingerprint density at radius 3 is 2.84 bits per heavy atom. The van der Waals surface area contributed by atoms with Gasteiger partial charge < -0.3 is 10.1 Å². The van der Waals surface area contributed by atoms with Crippen molar-refractivity contribution < 1.29 is 4.74 Å². The SMILES string of the molecule is CCCCCCNC1CCOc2cc(C)cc(C)c21. The lowest BCUT2D eigenvalue weighted by Gasteiger charge is -2.29. The number of nitrogens with one attached hydrogen (secondary N) is 1. The average molecular weight is 261 g/mol. The monoisotopic (exact) mass is 261 g/mol. The summed E-state index contributed by atoms with van der Waals surface area (Å²) in [5.41, 5.74) is 4.04. The first kappa shape index (κ1) is 14.4. The molecule has 1 aromatic rings. The third kappa shape index (κ3) is 3.73.